The minimum atomic E-state index is -4.64. The number of aliphatic carboxylic acids is 1. The Morgan fingerprint density at radius 1 is 0.693 bits per heavy atom. The summed E-state index contributed by atoms with van der Waals surface area (Å²) in [5.74, 6) is -9.94. The van der Waals surface area contributed by atoms with Gasteiger partial charge in [-0.15, -0.1) is 0 Å². The minimum Gasteiger partial charge on any atom is -0.507 e. The van der Waals surface area contributed by atoms with Crippen LogP contribution in [0.1, 0.15) is 198 Å². The van der Waals surface area contributed by atoms with Crippen molar-refractivity contribution in [3.05, 3.63) is 116 Å². The monoisotopic (exact) mass is 1840 g/mol. The van der Waals surface area contributed by atoms with E-state index in [1.54, 1.807) is 83.3 Å². The zero-order valence-corrected chi connectivity index (χ0v) is 75.5. The fourth-order valence-corrected chi connectivity index (χ4v) is 15.4. The summed E-state index contributed by atoms with van der Waals surface area (Å²) in [4.78, 5) is 123. The fraction of sp³-hybridized carbons (Fsp3) is 0.558. The molecule has 24 N–H and O–H groups in total. The smallest absolute Gasteiger partial charge is 0.339 e. The van der Waals surface area contributed by atoms with Crippen LogP contribution in [-0.4, -0.2) is 233 Å². The molecule has 8 rings (SSSR count). The second-order valence-corrected chi connectivity index (χ2v) is 35.2. The van der Waals surface area contributed by atoms with Gasteiger partial charge in [0.05, 0.1) is 65.4 Å². The molecule has 5 aromatic carbocycles. The number of rotatable bonds is 42. The van der Waals surface area contributed by atoms with Crippen molar-refractivity contribution in [2.24, 2.45) is 11.7 Å². The van der Waals surface area contributed by atoms with Gasteiger partial charge < -0.3 is 148 Å². The van der Waals surface area contributed by atoms with E-state index in [4.69, 9.17) is 57.4 Å². The Morgan fingerprint density at radius 2 is 1.28 bits per heavy atom. The molecule has 41 heteroatoms. The number of primary amides is 1. The first-order valence-electron chi connectivity index (χ1n) is 42.2. The highest BCUT2D eigenvalue weighted by atomic mass is 35.5. The lowest BCUT2D eigenvalue weighted by molar-refractivity contribution is -0.334. The van der Waals surface area contributed by atoms with Crippen LogP contribution in [0.2, 0.25) is 10.0 Å². The molecule has 127 heavy (non-hydrogen) atoms. The first kappa shape index (κ1) is 105. The number of likely N-dealkylation sites (N-methyl/N-ethyl adjacent to an activating group) is 1. The Labute approximate surface area is 746 Å². The Bertz CT molecular complexity index is 4570. The number of amides is 7. The Kier molecular flexibility index (Phi) is 40.1. The van der Waals surface area contributed by atoms with Gasteiger partial charge in [-0.2, -0.15) is 0 Å². The van der Waals surface area contributed by atoms with Gasteiger partial charge in [0.25, 0.3) is 0 Å². The van der Waals surface area contributed by atoms with Gasteiger partial charge in [0, 0.05) is 48.3 Å². The number of halogens is 2. The van der Waals surface area contributed by atoms with Gasteiger partial charge >= 0.3 is 13.6 Å². The molecule has 1 unspecified atom stereocenters. The summed E-state index contributed by atoms with van der Waals surface area (Å²) in [6.07, 6.45) is -2.66. The Morgan fingerprint density at radius 3 is 1.82 bits per heavy atom. The number of carboxylic acid groups (broad SMARTS) is 1. The van der Waals surface area contributed by atoms with E-state index in [9.17, 15) is 104 Å². The number of phenolic OH excluding ortho intramolecular Hbond substituents is 3. The summed E-state index contributed by atoms with van der Waals surface area (Å²) in [5.41, 5.74) is 4.36. The molecule has 7 amide bonds. The molecule has 3 aliphatic rings. The van der Waals surface area contributed by atoms with Gasteiger partial charge in [-0.1, -0.05) is 107 Å². The maximum absolute atomic E-state index is 13.8. The van der Waals surface area contributed by atoms with E-state index < -0.39 is 230 Å². The van der Waals surface area contributed by atoms with Crippen molar-refractivity contribution in [1.82, 2.24) is 53.2 Å². The molecule has 0 spiro atoms. The summed E-state index contributed by atoms with van der Waals surface area (Å²) < 4.78 is 49.6. The quantitative estimate of drug-likeness (QED) is 0.0172. The number of carbonyl (C=O) groups excluding carboxylic acids is 7. The van der Waals surface area contributed by atoms with Crippen LogP contribution in [0.15, 0.2) is 72.8 Å². The normalized spacial score (nSPS) is 22.7. The molecule has 5 aromatic rings. The summed E-state index contributed by atoms with van der Waals surface area (Å²) in [7, 11) is -3.06. The third kappa shape index (κ3) is 30.0. The van der Waals surface area contributed by atoms with Crippen LogP contribution in [0, 0.1) is 12.8 Å². The van der Waals surface area contributed by atoms with Crippen molar-refractivity contribution in [2.45, 2.75) is 263 Å². The number of hydrogen-bond acceptors (Lipinski definition) is 28. The predicted octanol–water partition coefficient (Wildman–Crippen LogP) is 5.39. The van der Waals surface area contributed by atoms with Crippen molar-refractivity contribution < 1.29 is 132 Å². The summed E-state index contributed by atoms with van der Waals surface area (Å²) in [5, 5.41) is 135. The zero-order chi connectivity index (χ0) is 94.2. The SMILES string of the molecule is CCCCCCCCCCNCCN[C@@]1(C)C[C@H](O[C@H]2[C@H](Oc3c(Oc4ccc([C@H](C)O)cc4Cl)cc(C)cc3Oc3ccc([C@H](C)O)cc3Cl)O[C@H](CO)[C@@H](O)[C@@H]2O)O[C@@H](C)[C@H]1O.CN[C@H](CC(C)C)C(=O)NC(C)C(=O)N[C@@H](CC(N)=O)C(=O)N[C@H](C)C(=O)N[C@H]1C(=O)N[C@@H](C)C(=O)N[C@H](C(=O)O)c2cc(O)c(CNCP(=O)(O)O)c(O)c2-c2cc1ccc2O. The molecule has 0 saturated carbocycles. The third-order valence-electron chi connectivity index (χ3n) is 21.7. The molecule has 0 aromatic heterocycles. The van der Waals surface area contributed by atoms with Crippen LogP contribution in [0.5, 0.6) is 46.0 Å². The van der Waals surface area contributed by atoms with E-state index in [0.717, 1.165) is 37.2 Å². The van der Waals surface area contributed by atoms with Crippen LogP contribution < -0.4 is 73.1 Å². The van der Waals surface area contributed by atoms with Gasteiger partial charge in [-0.25, -0.2) is 4.79 Å². The van der Waals surface area contributed by atoms with Crippen LogP contribution in [0.25, 0.3) is 11.1 Å². The number of phenols is 3. The predicted molar refractivity (Wildman–Crippen MR) is 466 cm³/mol. The van der Waals surface area contributed by atoms with Gasteiger partial charge in [0.1, 0.15) is 77.3 Å². The van der Waals surface area contributed by atoms with Crippen molar-refractivity contribution in [2.75, 3.05) is 39.6 Å². The molecular weight excluding hydrogens is 1720 g/mol. The highest BCUT2D eigenvalue weighted by Gasteiger charge is 2.52. The molecule has 704 valence electrons. The van der Waals surface area contributed by atoms with Crippen LogP contribution in [-0.2, 0) is 63.7 Å². The average molecular weight is 1850 g/mol. The minimum absolute atomic E-state index is 0.0462. The number of unbranched alkanes of at least 4 members (excludes halogenated alkanes) is 7. The summed E-state index contributed by atoms with van der Waals surface area (Å²) in [6.45, 7) is 19.3. The fourth-order valence-electron chi connectivity index (χ4n) is 14.5. The van der Waals surface area contributed by atoms with Gasteiger partial charge in [0.15, 0.2) is 29.9 Å². The second kappa shape index (κ2) is 48.5. The molecule has 0 aliphatic carbocycles. The Hall–Kier alpha value is -9.13. The number of hydrogen-bond donors (Lipinski definition) is 23. The van der Waals surface area contributed by atoms with E-state index in [0.29, 0.717) is 36.2 Å². The molecular formula is C86H124Cl2N11O27P. The average Bonchev–Trinajstić information content (AvgIpc) is 0.759. The van der Waals surface area contributed by atoms with E-state index >= 15 is 0 Å². The lowest BCUT2D eigenvalue weighted by atomic mass is 9.85. The van der Waals surface area contributed by atoms with Crippen molar-refractivity contribution >= 4 is 78.1 Å². The van der Waals surface area contributed by atoms with Gasteiger partial charge in [0.2, 0.25) is 53.4 Å². The summed E-state index contributed by atoms with van der Waals surface area (Å²) in [6, 6.07) is 6.89. The summed E-state index contributed by atoms with van der Waals surface area (Å²) >= 11 is 13.3. The van der Waals surface area contributed by atoms with Crippen molar-refractivity contribution in [1.29, 1.82) is 0 Å². The number of nitrogens with two attached hydrogens (primary N) is 1. The Balaban J connectivity index is 0.000000348. The molecule has 2 saturated heterocycles. The van der Waals surface area contributed by atoms with Crippen molar-refractivity contribution in [3.63, 3.8) is 0 Å². The second-order valence-electron chi connectivity index (χ2n) is 32.8. The number of carboxylic acids is 1. The van der Waals surface area contributed by atoms with Crippen LogP contribution in [0.4, 0.5) is 0 Å². The van der Waals surface area contributed by atoms with Crippen molar-refractivity contribution in [3.8, 4) is 57.1 Å². The number of aryl methyl sites for hydroxylation is 1. The lowest BCUT2D eigenvalue weighted by Gasteiger charge is -2.48. The highest BCUT2D eigenvalue weighted by Crippen LogP contribution is 2.50. The molecule has 3 aliphatic heterocycles. The molecule has 3 heterocycles. The number of aromatic hydroxyl groups is 3. The van der Waals surface area contributed by atoms with E-state index in [1.165, 1.54) is 65.7 Å². The molecule has 2 bridgehead atoms. The maximum Gasteiger partial charge on any atom is 0.339 e. The first-order chi connectivity index (χ1) is 59.8. The third-order valence-corrected chi connectivity index (χ3v) is 22.9. The molecule has 38 nitrogen and oxygen atoms in total. The number of nitrogens with one attached hydrogen (secondary N) is 10. The lowest BCUT2D eigenvalue weighted by Crippen LogP contribution is -2.65. The number of ether oxygens (including phenoxy) is 6. The standard InChI is InChI=1S/C48H70Cl2N2O12.C38H54N9O15P/c1-7-8-9-10-11-12-13-14-19-51-20-21-52-48(6)26-41(59-31(5)46(48)58)63-45-43(57)42(56)40(27-53)62-47(45)64-44-38(60-36-17-15-32(29(3)54)24-34(36)49)22-28(2)23-39(44)61-37-18-16-33(30(4)55)25-35(37)50;1-15(2)9-23(40-6)35(55)42-16(3)32(52)45-24(12-27(39)50)36(56)43-17(4)33(53)46-29-19-7-8-25(48)20(10-19)28-21(30(38(58)59)47-34(54)18(5)44-37(29)57)11-26(49)22(31(28)51)13-41-14-63(60,61)62/h15-18,22-25,29-31,40-43,45-47,51-58H,7-14,19-21,26-27H2,1-6H3;7-8,10-11,15-18,23-24,29-30,40-41,48-49,51H,9,12-14H2,1-6H3,(H2,39,50)(H,42,55)(H,43,56)(H,44,57)(H,45,52)(H,46,53)(H,47,54)(H,58,59)(H2,60,61,62)/t29-,30-,31-,40+,41-,42+,43-,45+,46+,47-,48-;16?,17-,18+,23-,24+,29-,30+/m01/s1. The van der Waals surface area contributed by atoms with Gasteiger partial charge in [-0.05, 0) is 165 Å². The zero-order valence-electron chi connectivity index (χ0n) is 73.1. The topological polar surface area (TPSA) is 598 Å². The molecule has 18 atom stereocenters. The largest absolute Gasteiger partial charge is 0.507 e. The maximum atomic E-state index is 13.8. The van der Waals surface area contributed by atoms with E-state index in [-0.39, 0.29) is 56.7 Å². The van der Waals surface area contributed by atoms with E-state index in [1.807, 2.05) is 20.8 Å². The number of carbonyl (C=O) groups is 8. The molecule has 0 radical (unpaired) electrons. The number of fused-ring (bicyclic) bond motifs is 4. The van der Waals surface area contributed by atoms with Crippen LogP contribution in [0.3, 0.4) is 0 Å². The number of benzene rings is 5. The van der Waals surface area contributed by atoms with Gasteiger partial charge in [-0.3, -0.25) is 38.1 Å². The number of aliphatic hydroxyl groups is 6. The highest BCUT2D eigenvalue weighted by molar-refractivity contribution is 7.51. The van der Waals surface area contributed by atoms with E-state index in [2.05, 4.69) is 60.1 Å². The number of aliphatic hydroxyl groups excluding tert-OH is 6. The van der Waals surface area contributed by atoms with Crippen LogP contribution >= 0.6 is 30.8 Å². The first-order valence-corrected chi connectivity index (χ1v) is 44.7. The molecule has 2 fully saturated rings.